The fourth-order valence-corrected chi connectivity index (χ4v) is 4.32. The quantitative estimate of drug-likeness (QED) is 0.289. The van der Waals surface area contributed by atoms with Crippen LogP contribution in [0.15, 0.2) is 73.1 Å². The van der Waals surface area contributed by atoms with Gasteiger partial charge in [0.2, 0.25) is 0 Å². The Morgan fingerprint density at radius 3 is 2.89 bits per heavy atom. The maximum Gasteiger partial charge on any atom is 0.270 e. The number of nitrogens with zero attached hydrogens (tertiary/aromatic N) is 2. The van der Waals surface area contributed by atoms with Gasteiger partial charge in [0, 0.05) is 46.0 Å². The molecule has 0 amide bonds. The molecule has 136 valence electrons. The number of aromatic amines is 1. The summed E-state index contributed by atoms with van der Waals surface area (Å²) in [6, 6.07) is 18.8. The SMILES string of the molecule is O=[N+]([O-])c1cccc(-c2cc3nccc(Nc4ccc5[nH]ccc5c4)c3s2)c1. The number of hydrogen-bond donors (Lipinski definition) is 2. The Morgan fingerprint density at radius 1 is 1.07 bits per heavy atom. The Balaban J connectivity index is 1.55. The van der Waals surface area contributed by atoms with Crippen molar-refractivity contribution >= 4 is 49.5 Å². The van der Waals surface area contributed by atoms with Gasteiger partial charge in [-0.1, -0.05) is 12.1 Å². The third kappa shape index (κ3) is 2.87. The zero-order chi connectivity index (χ0) is 19.1. The minimum atomic E-state index is -0.376. The van der Waals surface area contributed by atoms with Crippen LogP contribution in [-0.4, -0.2) is 14.9 Å². The largest absolute Gasteiger partial charge is 0.361 e. The summed E-state index contributed by atoms with van der Waals surface area (Å²) in [4.78, 5) is 19.3. The van der Waals surface area contributed by atoms with Gasteiger partial charge in [0.15, 0.2) is 0 Å². The number of H-pyrrole nitrogens is 1. The first-order valence-electron chi connectivity index (χ1n) is 8.65. The van der Waals surface area contributed by atoms with Crippen LogP contribution in [-0.2, 0) is 0 Å². The Kier molecular flexibility index (Phi) is 3.80. The van der Waals surface area contributed by atoms with E-state index in [1.54, 1.807) is 29.7 Å². The minimum absolute atomic E-state index is 0.0843. The molecule has 0 fully saturated rings. The summed E-state index contributed by atoms with van der Waals surface area (Å²) in [6.45, 7) is 0. The number of anilines is 2. The van der Waals surface area contributed by atoms with Crippen molar-refractivity contribution in [2.45, 2.75) is 0 Å². The van der Waals surface area contributed by atoms with Crippen molar-refractivity contribution in [3.05, 3.63) is 83.2 Å². The van der Waals surface area contributed by atoms with Crippen LogP contribution >= 0.6 is 11.3 Å². The van der Waals surface area contributed by atoms with E-state index in [1.807, 2.05) is 42.6 Å². The Labute approximate surface area is 163 Å². The van der Waals surface area contributed by atoms with Gasteiger partial charge < -0.3 is 10.3 Å². The van der Waals surface area contributed by atoms with Gasteiger partial charge >= 0.3 is 0 Å². The van der Waals surface area contributed by atoms with Crippen molar-refractivity contribution in [2.75, 3.05) is 5.32 Å². The van der Waals surface area contributed by atoms with Crippen LogP contribution in [0.4, 0.5) is 17.1 Å². The molecule has 5 rings (SSSR count). The zero-order valence-electron chi connectivity index (χ0n) is 14.5. The lowest BCUT2D eigenvalue weighted by atomic mass is 10.1. The Bertz CT molecular complexity index is 1340. The smallest absolute Gasteiger partial charge is 0.270 e. The van der Waals surface area contributed by atoms with Gasteiger partial charge in [-0.15, -0.1) is 11.3 Å². The maximum absolute atomic E-state index is 11.1. The van der Waals surface area contributed by atoms with Crippen molar-refractivity contribution in [1.82, 2.24) is 9.97 Å². The van der Waals surface area contributed by atoms with Gasteiger partial charge in [-0.2, -0.15) is 0 Å². The lowest BCUT2D eigenvalue weighted by Gasteiger charge is -2.07. The summed E-state index contributed by atoms with van der Waals surface area (Å²) in [7, 11) is 0. The highest BCUT2D eigenvalue weighted by atomic mass is 32.1. The van der Waals surface area contributed by atoms with E-state index in [-0.39, 0.29) is 10.6 Å². The lowest BCUT2D eigenvalue weighted by molar-refractivity contribution is -0.384. The molecule has 0 aliphatic carbocycles. The predicted molar refractivity (Wildman–Crippen MR) is 113 cm³/mol. The van der Waals surface area contributed by atoms with E-state index < -0.39 is 0 Å². The summed E-state index contributed by atoms with van der Waals surface area (Å²) < 4.78 is 1.01. The first-order chi connectivity index (χ1) is 13.7. The number of nitrogens with one attached hydrogen (secondary N) is 2. The maximum atomic E-state index is 11.1. The molecule has 2 N–H and O–H groups in total. The van der Waals surface area contributed by atoms with Crippen molar-refractivity contribution in [2.24, 2.45) is 0 Å². The molecule has 3 aromatic heterocycles. The summed E-state index contributed by atoms with van der Waals surface area (Å²) in [5.41, 5.74) is 4.80. The topological polar surface area (TPSA) is 83.8 Å². The number of rotatable bonds is 4. The number of nitro groups is 1. The number of benzene rings is 2. The molecule has 0 aliphatic rings. The predicted octanol–water partition coefficient (Wildman–Crippen LogP) is 6.10. The van der Waals surface area contributed by atoms with E-state index >= 15 is 0 Å². The van der Waals surface area contributed by atoms with Crippen LogP contribution in [0.25, 0.3) is 31.6 Å². The molecule has 0 radical (unpaired) electrons. The van der Waals surface area contributed by atoms with Crippen LogP contribution < -0.4 is 5.32 Å². The molecule has 0 bridgehead atoms. The molecule has 0 saturated carbocycles. The fraction of sp³-hybridized carbons (Fsp3) is 0. The van der Waals surface area contributed by atoms with Gasteiger partial charge in [-0.05, 0) is 42.0 Å². The number of pyridine rings is 1. The number of aromatic nitrogens is 2. The first-order valence-corrected chi connectivity index (χ1v) is 9.46. The molecule has 28 heavy (non-hydrogen) atoms. The Morgan fingerprint density at radius 2 is 2.00 bits per heavy atom. The zero-order valence-corrected chi connectivity index (χ0v) is 15.4. The molecule has 6 nitrogen and oxygen atoms in total. The molecule has 5 aromatic rings. The third-order valence-corrected chi connectivity index (χ3v) is 5.79. The Hall–Kier alpha value is -3.71. The van der Waals surface area contributed by atoms with Gasteiger partial charge in [0.1, 0.15) is 0 Å². The summed E-state index contributed by atoms with van der Waals surface area (Å²) in [5, 5.41) is 15.7. The van der Waals surface area contributed by atoms with Crippen LogP contribution in [0.5, 0.6) is 0 Å². The molecule has 0 atom stereocenters. The summed E-state index contributed by atoms with van der Waals surface area (Å²) in [6.07, 6.45) is 3.69. The highest BCUT2D eigenvalue weighted by Crippen LogP contribution is 2.38. The van der Waals surface area contributed by atoms with Gasteiger partial charge in [0.05, 0.1) is 20.8 Å². The summed E-state index contributed by atoms with van der Waals surface area (Å²) >= 11 is 1.57. The van der Waals surface area contributed by atoms with Gasteiger partial charge in [0.25, 0.3) is 5.69 Å². The molecular weight excluding hydrogens is 372 g/mol. The number of fused-ring (bicyclic) bond motifs is 2. The number of hydrogen-bond acceptors (Lipinski definition) is 5. The van der Waals surface area contributed by atoms with Crippen LogP contribution in [0.2, 0.25) is 0 Å². The first kappa shape index (κ1) is 16.5. The summed E-state index contributed by atoms with van der Waals surface area (Å²) in [5.74, 6) is 0. The normalized spacial score (nSPS) is 11.1. The second-order valence-corrected chi connectivity index (χ2v) is 7.45. The van der Waals surface area contributed by atoms with E-state index in [9.17, 15) is 10.1 Å². The molecule has 0 aliphatic heterocycles. The number of non-ortho nitro benzene ring substituents is 1. The molecule has 2 aromatic carbocycles. The lowest BCUT2D eigenvalue weighted by Crippen LogP contribution is -1.90. The standard InChI is InChI=1S/C21H14N4O2S/c26-25(27)16-3-1-2-14(11-16)20-12-19-21(28-20)18(7-9-23-19)24-15-4-5-17-13(10-15)6-8-22-17/h1-12,22H,(H,23,24). The van der Waals surface area contributed by atoms with Crippen molar-refractivity contribution in [3.63, 3.8) is 0 Å². The van der Waals surface area contributed by atoms with E-state index in [0.717, 1.165) is 42.9 Å². The van der Waals surface area contributed by atoms with Crippen LogP contribution in [0.1, 0.15) is 0 Å². The fourth-order valence-electron chi connectivity index (χ4n) is 3.24. The molecule has 7 heteroatoms. The van der Waals surface area contributed by atoms with Crippen LogP contribution in [0.3, 0.4) is 0 Å². The second kappa shape index (κ2) is 6.47. The average Bonchev–Trinajstić information content (AvgIpc) is 3.35. The number of thiophene rings is 1. The molecule has 0 saturated heterocycles. The molecule has 3 heterocycles. The van der Waals surface area contributed by atoms with E-state index in [4.69, 9.17) is 0 Å². The average molecular weight is 386 g/mol. The monoisotopic (exact) mass is 386 g/mol. The number of nitro benzene ring substituents is 1. The molecule has 0 spiro atoms. The van der Waals surface area contributed by atoms with Crippen molar-refractivity contribution in [3.8, 4) is 10.4 Å². The second-order valence-electron chi connectivity index (χ2n) is 6.40. The van der Waals surface area contributed by atoms with Crippen molar-refractivity contribution in [1.29, 1.82) is 0 Å². The van der Waals surface area contributed by atoms with Crippen LogP contribution in [0, 0.1) is 10.1 Å². The van der Waals surface area contributed by atoms with Crippen molar-refractivity contribution < 1.29 is 4.92 Å². The van der Waals surface area contributed by atoms with Gasteiger partial charge in [-0.3, -0.25) is 15.1 Å². The highest BCUT2D eigenvalue weighted by Gasteiger charge is 2.12. The molecular formula is C21H14N4O2S. The minimum Gasteiger partial charge on any atom is -0.361 e. The van der Waals surface area contributed by atoms with E-state index in [2.05, 4.69) is 21.4 Å². The third-order valence-electron chi connectivity index (χ3n) is 4.59. The van der Waals surface area contributed by atoms with E-state index in [1.165, 1.54) is 6.07 Å². The molecule has 0 unspecified atom stereocenters. The van der Waals surface area contributed by atoms with E-state index in [0.29, 0.717) is 0 Å². The van der Waals surface area contributed by atoms with Gasteiger partial charge in [-0.25, -0.2) is 0 Å². The highest BCUT2D eigenvalue weighted by molar-refractivity contribution is 7.22.